The Kier molecular flexibility index (Phi) is 5.10. The van der Waals surface area contributed by atoms with Crippen LogP contribution in [-0.4, -0.2) is 16.2 Å². The highest BCUT2D eigenvalue weighted by atomic mass is 19.1. The van der Waals surface area contributed by atoms with Gasteiger partial charge in [-0.3, -0.25) is 4.79 Å². The van der Waals surface area contributed by atoms with Crippen LogP contribution in [0.15, 0.2) is 45.8 Å². The molecule has 1 fully saturated rings. The quantitative estimate of drug-likeness (QED) is 0.685. The predicted octanol–water partition coefficient (Wildman–Crippen LogP) is 4.21. The highest BCUT2D eigenvalue weighted by Gasteiger charge is 2.21. The highest BCUT2D eigenvalue weighted by molar-refractivity contribution is 5.69. The van der Waals surface area contributed by atoms with Gasteiger partial charge in [-0.25, -0.2) is 13.8 Å². The monoisotopic (exact) mass is 388 g/mol. The van der Waals surface area contributed by atoms with E-state index in [1.807, 2.05) is 0 Å². The molecule has 1 aliphatic rings. The summed E-state index contributed by atoms with van der Waals surface area (Å²) >= 11 is 0. The van der Waals surface area contributed by atoms with E-state index in [1.54, 1.807) is 18.3 Å². The maximum Gasteiger partial charge on any atom is 0.280 e. The minimum atomic E-state index is -0.872. The first-order valence-electron chi connectivity index (χ1n) is 9.01. The second kappa shape index (κ2) is 7.84. The summed E-state index contributed by atoms with van der Waals surface area (Å²) in [6, 6.07) is 6.88. The molecule has 0 unspecified atom stereocenters. The summed E-state index contributed by atoms with van der Waals surface area (Å²) < 4.78 is 44.9. The van der Waals surface area contributed by atoms with Crippen molar-refractivity contribution in [2.45, 2.75) is 38.4 Å². The number of hydrogen-bond donors (Lipinski definition) is 1. The molecule has 0 atom stereocenters. The lowest BCUT2D eigenvalue weighted by Crippen LogP contribution is -2.12. The molecule has 146 valence electrons. The molecule has 0 bridgehead atoms. The number of rotatable bonds is 6. The van der Waals surface area contributed by atoms with Crippen LogP contribution in [0.25, 0.3) is 11.1 Å². The lowest BCUT2D eigenvalue weighted by Gasteiger charge is -2.16. The lowest BCUT2D eigenvalue weighted by atomic mass is 10.1. The van der Waals surface area contributed by atoms with Gasteiger partial charge in [0.05, 0.1) is 6.07 Å². The highest BCUT2D eigenvalue weighted by Crippen LogP contribution is 2.35. The summed E-state index contributed by atoms with van der Waals surface area (Å²) in [6.45, 7) is -0.283. The van der Waals surface area contributed by atoms with E-state index in [-0.39, 0.29) is 18.5 Å². The summed E-state index contributed by atoms with van der Waals surface area (Å²) in [5.41, 5.74) is 0.355. The first kappa shape index (κ1) is 18.2. The average molecular weight is 388 g/mol. The van der Waals surface area contributed by atoms with Crippen LogP contribution in [0.1, 0.15) is 31.4 Å². The van der Waals surface area contributed by atoms with Gasteiger partial charge in [0.15, 0.2) is 23.1 Å². The Morgan fingerprint density at radius 3 is 2.61 bits per heavy atom. The Balaban J connectivity index is 1.58. The van der Waals surface area contributed by atoms with E-state index in [1.165, 1.54) is 12.1 Å². The second-order valence-corrected chi connectivity index (χ2v) is 6.62. The fourth-order valence-electron chi connectivity index (χ4n) is 3.26. The van der Waals surface area contributed by atoms with Gasteiger partial charge >= 0.3 is 0 Å². The number of H-pyrrole nitrogens is 1. The molecule has 6 nitrogen and oxygen atoms in total. The molecule has 1 aromatic carbocycles. The minimum Gasteiger partial charge on any atom is -0.479 e. The maximum absolute atomic E-state index is 14.5. The van der Waals surface area contributed by atoms with E-state index in [2.05, 4.69) is 10.1 Å². The van der Waals surface area contributed by atoms with Gasteiger partial charge in [-0.1, -0.05) is 0 Å². The number of nitrogens with zero attached hydrogens (tertiary/aromatic N) is 1. The Bertz CT molecular complexity index is 1000. The van der Waals surface area contributed by atoms with Gasteiger partial charge in [0, 0.05) is 11.8 Å². The predicted molar refractivity (Wildman–Crippen MR) is 96.1 cm³/mol. The molecule has 2 heterocycles. The van der Waals surface area contributed by atoms with Crippen molar-refractivity contribution in [3.8, 4) is 22.8 Å². The van der Waals surface area contributed by atoms with E-state index >= 15 is 0 Å². The van der Waals surface area contributed by atoms with Crippen molar-refractivity contribution in [2.24, 2.45) is 0 Å². The molecular weight excluding hydrogens is 370 g/mol. The molecule has 0 aliphatic heterocycles. The Morgan fingerprint density at radius 2 is 1.93 bits per heavy atom. The number of nitrogens with one attached hydrogen (secondary N) is 1. The molecule has 2 aromatic heterocycles. The smallest absolute Gasteiger partial charge is 0.280 e. The van der Waals surface area contributed by atoms with Crippen LogP contribution in [0.2, 0.25) is 0 Å². The molecule has 4 rings (SSSR count). The summed E-state index contributed by atoms with van der Waals surface area (Å²) in [5, 5.41) is 2.08. The van der Waals surface area contributed by atoms with Crippen LogP contribution < -0.4 is 15.0 Å². The zero-order valence-electron chi connectivity index (χ0n) is 14.9. The van der Waals surface area contributed by atoms with Crippen LogP contribution in [0.4, 0.5) is 8.78 Å². The van der Waals surface area contributed by atoms with Crippen molar-refractivity contribution in [1.29, 1.82) is 0 Å². The van der Waals surface area contributed by atoms with Crippen LogP contribution >= 0.6 is 0 Å². The number of aromatic nitrogens is 2. The summed E-state index contributed by atoms with van der Waals surface area (Å²) in [7, 11) is 0. The first-order valence-corrected chi connectivity index (χ1v) is 9.01. The molecule has 1 aliphatic carbocycles. The van der Waals surface area contributed by atoms with Crippen LogP contribution in [0.5, 0.6) is 11.6 Å². The second-order valence-electron chi connectivity index (χ2n) is 6.62. The zero-order valence-corrected chi connectivity index (χ0v) is 14.9. The third-order valence-corrected chi connectivity index (χ3v) is 4.59. The van der Waals surface area contributed by atoms with E-state index in [0.717, 1.165) is 31.7 Å². The van der Waals surface area contributed by atoms with Gasteiger partial charge in [-0.15, -0.1) is 0 Å². The van der Waals surface area contributed by atoms with Crippen molar-refractivity contribution >= 4 is 0 Å². The van der Waals surface area contributed by atoms with Crippen molar-refractivity contribution in [3.05, 3.63) is 64.3 Å². The zero-order chi connectivity index (χ0) is 19.5. The molecule has 28 heavy (non-hydrogen) atoms. The summed E-state index contributed by atoms with van der Waals surface area (Å²) in [6.07, 6.45) is 5.75. The molecular formula is C20H18F2N2O4. The number of aromatic amines is 1. The van der Waals surface area contributed by atoms with E-state index in [4.69, 9.17) is 14.0 Å². The number of pyridine rings is 1. The molecule has 0 amide bonds. The van der Waals surface area contributed by atoms with Gasteiger partial charge in [0.2, 0.25) is 5.88 Å². The third-order valence-electron chi connectivity index (χ3n) is 4.59. The average Bonchev–Trinajstić information content (AvgIpc) is 3.33. The number of hydrogen-bond acceptors (Lipinski definition) is 5. The number of benzene rings is 1. The third kappa shape index (κ3) is 3.90. The molecule has 3 aromatic rings. The Hall–Kier alpha value is -3.16. The van der Waals surface area contributed by atoms with Gasteiger partial charge in [0.25, 0.3) is 5.56 Å². The SMILES string of the molecule is O=c1cc(COc2c(F)cc(-c3cccnc3OC3CCCC3)cc2F)o[nH]1. The van der Waals surface area contributed by atoms with E-state index in [0.29, 0.717) is 17.0 Å². The molecule has 0 saturated heterocycles. The Labute approximate surface area is 159 Å². The van der Waals surface area contributed by atoms with Crippen LogP contribution in [0, 0.1) is 11.6 Å². The van der Waals surface area contributed by atoms with Gasteiger partial charge < -0.3 is 14.0 Å². The lowest BCUT2D eigenvalue weighted by molar-refractivity contribution is 0.202. The molecule has 8 heteroatoms. The fourth-order valence-corrected chi connectivity index (χ4v) is 3.26. The summed E-state index contributed by atoms with van der Waals surface area (Å²) in [4.78, 5) is 15.3. The summed E-state index contributed by atoms with van der Waals surface area (Å²) in [5.74, 6) is -1.80. The van der Waals surface area contributed by atoms with Crippen LogP contribution in [-0.2, 0) is 6.61 Å². The standard InChI is InChI=1S/C20H18F2N2O4/c21-16-8-12(9-17(22)19(16)26-11-14-10-18(25)24-28-14)15-6-3-7-23-20(15)27-13-4-1-2-5-13/h3,6-10,13H,1-2,4-5,11H2,(H,24,25). The van der Waals surface area contributed by atoms with Gasteiger partial charge in [-0.05, 0) is 55.5 Å². The van der Waals surface area contributed by atoms with Crippen LogP contribution in [0.3, 0.4) is 0 Å². The molecule has 1 N–H and O–H groups in total. The van der Waals surface area contributed by atoms with Gasteiger partial charge in [-0.2, -0.15) is 5.16 Å². The largest absolute Gasteiger partial charge is 0.479 e. The Morgan fingerprint density at radius 1 is 1.18 bits per heavy atom. The van der Waals surface area contributed by atoms with Crippen molar-refractivity contribution < 1.29 is 22.8 Å². The molecule has 1 saturated carbocycles. The normalized spacial score (nSPS) is 14.4. The van der Waals surface area contributed by atoms with E-state index in [9.17, 15) is 13.6 Å². The van der Waals surface area contributed by atoms with Crippen molar-refractivity contribution in [2.75, 3.05) is 0 Å². The number of ether oxygens (including phenoxy) is 2. The first-order chi connectivity index (χ1) is 13.6. The molecule has 0 spiro atoms. The van der Waals surface area contributed by atoms with Crippen molar-refractivity contribution in [3.63, 3.8) is 0 Å². The van der Waals surface area contributed by atoms with Crippen molar-refractivity contribution in [1.82, 2.24) is 10.1 Å². The minimum absolute atomic E-state index is 0.0713. The molecule has 0 radical (unpaired) electrons. The van der Waals surface area contributed by atoms with Gasteiger partial charge in [0.1, 0.15) is 12.7 Å². The fraction of sp³-hybridized carbons (Fsp3) is 0.300. The maximum atomic E-state index is 14.5. The topological polar surface area (TPSA) is 77.3 Å². The number of halogens is 2. The van der Waals surface area contributed by atoms with E-state index < -0.39 is 22.9 Å².